The molecule has 2 heterocycles. The lowest BCUT2D eigenvalue weighted by Crippen LogP contribution is -2.29. The monoisotopic (exact) mass is 402 g/mol. The smallest absolute Gasteiger partial charge is 0.298 e. The first kappa shape index (κ1) is 19.4. The molecule has 0 aliphatic heterocycles. The summed E-state index contributed by atoms with van der Waals surface area (Å²) in [5.41, 5.74) is 6.48. The van der Waals surface area contributed by atoms with E-state index in [1.165, 1.54) is 4.57 Å². The predicted octanol–water partition coefficient (Wildman–Crippen LogP) is 2.62. The molecule has 0 unspecified atom stereocenters. The van der Waals surface area contributed by atoms with E-state index < -0.39 is 11.2 Å². The summed E-state index contributed by atoms with van der Waals surface area (Å²) < 4.78 is 3.06. The molecule has 4 aromatic rings. The molecule has 30 heavy (non-hydrogen) atoms. The number of aromatic amines is 1. The first-order valence-electron chi connectivity index (χ1n) is 9.55. The molecule has 0 fully saturated rings. The molecule has 2 aromatic carbocycles. The number of hydrogen-bond acceptors (Lipinski definition) is 5. The van der Waals surface area contributed by atoms with E-state index in [2.05, 4.69) is 20.5 Å². The molecule has 0 aliphatic rings. The average Bonchev–Trinajstić information content (AvgIpc) is 3.11. The number of nitrogens with one attached hydrogen (secondary N) is 2. The molecular weight excluding hydrogens is 380 g/mol. The molecular formula is C22H22N6O2. The SMILES string of the molecule is CC(=NNc1nc2c(c(=O)[nH]c(=O)n2C)n1Cc1ccc(C)cc1)c1ccccc1. The van der Waals surface area contributed by atoms with Crippen molar-refractivity contribution < 1.29 is 0 Å². The van der Waals surface area contributed by atoms with Gasteiger partial charge < -0.3 is 0 Å². The zero-order valence-electron chi connectivity index (χ0n) is 17.0. The molecule has 0 saturated carbocycles. The topological polar surface area (TPSA) is 97.1 Å². The van der Waals surface area contributed by atoms with Crippen molar-refractivity contribution in [1.82, 2.24) is 19.1 Å². The van der Waals surface area contributed by atoms with Crippen molar-refractivity contribution in [3.05, 3.63) is 92.1 Å². The largest absolute Gasteiger partial charge is 0.329 e. The van der Waals surface area contributed by atoms with Crippen molar-refractivity contribution >= 4 is 22.8 Å². The van der Waals surface area contributed by atoms with Crippen LogP contribution in [0.4, 0.5) is 5.95 Å². The van der Waals surface area contributed by atoms with E-state index in [1.807, 2.05) is 68.4 Å². The van der Waals surface area contributed by atoms with E-state index in [1.54, 1.807) is 11.6 Å². The Morgan fingerprint density at radius 2 is 1.80 bits per heavy atom. The van der Waals surface area contributed by atoms with Crippen molar-refractivity contribution in [1.29, 1.82) is 0 Å². The predicted molar refractivity (Wildman–Crippen MR) is 118 cm³/mol. The van der Waals surface area contributed by atoms with Crippen LogP contribution in [0.1, 0.15) is 23.6 Å². The summed E-state index contributed by atoms with van der Waals surface area (Å²) in [5.74, 6) is 0.382. The summed E-state index contributed by atoms with van der Waals surface area (Å²) in [7, 11) is 1.58. The molecule has 0 saturated heterocycles. The Morgan fingerprint density at radius 3 is 2.50 bits per heavy atom. The van der Waals surface area contributed by atoms with Gasteiger partial charge in [0, 0.05) is 7.05 Å². The standard InChI is InChI=1S/C22H22N6O2/c1-14-9-11-16(12-10-14)13-28-18-19(27(3)22(30)24-20(18)29)23-21(28)26-25-15(2)17-7-5-4-6-8-17/h4-12H,13H2,1-3H3,(H,23,26)(H,24,29,30). The van der Waals surface area contributed by atoms with Gasteiger partial charge in [0.2, 0.25) is 5.95 Å². The maximum atomic E-state index is 12.6. The molecule has 0 spiro atoms. The van der Waals surface area contributed by atoms with Crippen LogP contribution in [0, 0.1) is 6.92 Å². The van der Waals surface area contributed by atoms with Crippen LogP contribution in [0.2, 0.25) is 0 Å². The van der Waals surface area contributed by atoms with Gasteiger partial charge in [-0.1, -0.05) is 60.2 Å². The lowest BCUT2D eigenvalue weighted by atomic mass is 10.1. The van der Waals surface area contributed by atoms with Crippen LogP contribution >= 0.6 is 0 Å². The number of H-pyrrole nitrogens is 1. The van der Waals surface area contributed by atoms with E-state index in [-0.39, 0.29) is 0 Å². The van der Waals surface area contributed by atoms with E-state index in [0.717, 1.165) is 22.4 Å². The van der Waals surface area contributed by atoms with E-state index >= 15 is 0 Å². The summed E-state index contributed by atoms with van der Waals surface area (Å²) in [5, 5.41) is 4.44. The summed E-state index contributed by atoms with van der Waals surface area (Å²) in [6, 6.07) is 17.8. The van der Waals surface area contributed by atoms with Crippen LogP contribution < -0.4 is 16.7 Å². The normalized spacial score (nSPS) is 11.8. The number of benzene rings is 2. The van der Waals surface area contributed by atoms with Gasteiger partial charge in [0.15, 0.2) is 11.2 Å². The second-order valence-corrected chi connectivity index (χ2v) is 7.17. The minimum absolute atomic E-state index is 0.297. The summed E-state index contributed by atoms with van der Waals surface area (Å²) in [6.07, 6.45) is 0. The second kappa shape index (κ2) is 7.82. The molecule has 2 aromatic heterocycles. The molecule has 8 nitrogen and oxygen atoms in total. The van der Waals surface area contributed by atoms with Gasteiger partial charge in [-0.2, -0.15) is 10.1 Å². The molecule has 4 rings (SSSR count). The number of aromatic nitrogens is 4. The Bertz CT molecular complexity index is 1340. The Labute approximate surface area is 172 Å². The van der Waals surface area contributed by atoms with E-state index in [9.17, 15) is 9.59 Å². The minimum atomic E-state index is -0.511. The van der Waals surface area contributed by atoms with Crippen LogP contribution in [0.25, 0.3) is 11.2 Å². The van der Waals surface area contributed by atoms with Gasteiger partial charge in [-0.3, -0.25) is 18.9 Å². The quantitative estimate of drug-likeness (QED) is 0.396. The Hall–Kier alpha value is -3.94. The molecule has 152 valence electrons. The minimum Gasteiger partial charge on any atom is -0.298 e. The van der Waals surface area contributed by atoms with Gasteiger partial charge in [-0.05, 0) is 25.0 Å². The van der Waals surface area contributed by atoms with E-state index in [0.29, 0.717) is 23.7 Å². The van der Waals surface area contributed by atoms with Crippen LogP contribution in [-0.2, 0) is 13.6 Å². The van der Waals surface area contributed by atoms with Crippen LogP contribution in [0.5, 0.6) is 0 Å². The van der Waals surface area contributed by atoms with Gasteiger partial charge in [0.25, 0.3) is 5.56 Å². The fourth-order valence-electron chi connectivity index (χ4n) is 3.23. The third-order valence-corrected chi connectivity index (χ3v) is 4.98. The molecule has 0 amide bonds. The van der Waals surface area contributed by atoms with Crippen molar-refractivity contribution in [3.63, 3.8) is 0 Å². The zero-order valence-corrected chi connectivity index (χ0v) is 17.0. The number of anilines is 1. The molecule has 0 bridgehead atoms. The maximum Gasteiger partial charge on any atom is 0.329 e. The van der Waals surface area contributed by atoms with Crippen molar-refractivity contribution in [2.24, 2.45) is 12.1 Å². The van der Waals surface area contributed by atoms with Gasteiger partial charge in [0.1, 0.15) is 0 Å². The van der Waals surface area contributed by atoms with Crippen molar-refractivity contribution in [2.75, 3.05) is 5.43 Å². The molecule has 0 aliphatic carbocycles. The number of rotatable bonds is 5. The van der Waals surface area contributed by atoms with Crippen LogP contribution in [0.15, 0.2) is 69.3 Å². The lowest BCUT2D eigenvalue weighted by molar-refractivity contribution is 0.808. The zero-order chi connectivity index (χ0) is 21.3. The fourth-order valence-corrected chi connectivity index (χ4v) is 3.23. The Balaban J connectivity index is 1.82. The van der Waals surface area contributed by atoms with Crippen molar-refractivity contribution in [2.45, 2.75) is 20.4 Å². The van der Waals surface area contributed by atoms with Crippen LogP contribution in [-0.4, -0.2) is 24.8 Å². The maximum absolute atomic E-state index is 12.6. The molecule has 0 atom stereocenters. The number of nitrogens with zero attached hydrogens (tertiary/aromatic N) is 4. The van der Waals surface area contributed by atoms with Gasteiger partial charge in [-0.15, -0.1) is 0 Å². The van der Waals surface area contributed by atoms with Gasteiger partial charge in [-0.25, -0.2) is 10.2 Å². The van der Waals surface area contributed by atoms with Gasteiger partial charge >= 0.3 is 5.69 Å². The highest BCUT2D eigenvalue weighted by Gasteiger charge is 2.17. The van der Waals surface area contributed by atoms with Gasteiger partial charge in [0.05, 0.1) is 12.3 Å². The van der Waals surface area contributed by atoms with Crippen LogP contribution in [0.3, 0.4) is 0 Å². The molecule has 2 N–H and O–H groups in total. The van der Waals surface area contributed by atoms with E-state index in [4.69, 9.17) is 0 Å². The van der Waals surface area contributed by atoms with Crippen molar-refractivity contribution in [3.8, 4) is 0 Å². The fraction of sp³-hybridized carbons (Fsp3) is 0.182. The summed E-state index contributed by atoms with van der Waals surface area (Å²) in [6.45, 7) is 4.31. The first-order valence-corrected chi connectivity index (χ1v) is 9.55. The number of imidazole rings is 1. The lowest BCUT2D eigenvalue weighted by Gasteiger charge is -2.09. The second-order valence-electron chi connectivity index (χ2n) is 7.17. The Morgan fingerprint density at radius 1 is 1.10 bits per heavy atom. The first-order chi connectivity index (χ1) is 14.4. The summed E-state index contributed by atoms with van der Waals surface area (Å²) >= 11 is 0. The highest BCUT2D eigenvalue weighted by molar-refractivity contribution is 5.99. The number of hydrogen-bond donors (Lipinski definition) is 2. The summed E-state index contributed by atoms with van der Waals surface area (Å²) in [4.78, 5) is 31.5. The number of fused-ring (bicyclic) bond motifs is 1. The highest BCUT2D eigenvalue weighted by atomic mass is 16.2. The third kappa shape index (κ3) is 3.67. The number of aryl methyl sites for hydroxylation is 2. The average molecular weight is 402 g/mol. The number of hydrazone groups is 1. The Kier molecular flexibility index (Phi) is 5.05. The third-order valence-electron chi connectivity index (χ3n) is 4.98. The highest BCUT2D eigenvalue weighted by Crippen LogP contribution is 2.18. The molecule has 8 heteroatoms. The molecule has 0 radical (unpaired) electrons.